The average Bonchev–Trinajstić information content (AvgIpc) is 3.86. The lowest BCUT2D eigenvalue weighted by molar-refractivity contribution is -0.129. The fourth-order valence-corrected chi connectivity index (χ4v) is 10.6. The number of benzene rings is 5. The predicted molar refractivity (Wildman–Crippen MR) is 267 cm³/mol. The monoisotopic (exact) mass is 943 g/mol. The first-order chi connectivity index (χ1) is 33.8. The third kappa shape index (κ3) is 9.86. The molecule has 0 aliphatic carbocycles. The second kappa shape index (κ2) is 20.5. The number of ketones is 3. The normalized spacial score (nSPS) is 17.4. The fourth-order valence-electron chi connectivity index (χ4n) is 10.6. The van der Waals surface area contributed by atoms with Crippen LogP contribution in [0.1, 0.15) is 136 Å². The number of carbonyl (C=O) groups excluding carboxylic acids is 6. The van der Waals surface area contributed by atoms with Crippen molar-refractivity contribution in [2.24, 2.45) is 5.92 Å². The fraction of sp³-hybridized carbons (Fsp3) is 0.379. The van der Waals surface area contributed by atoms with Crippen LogP contribution in [0.5, 0.6) is 17.2 Å². The highest BCUT2D eigenvalue weighted by Gasteiger charge is 2.39. The number of nitrogens with one attached hydrogen (secondary N) is 1. The minimum absolute atomic E-state index is 0.000783. The smallest absolute Gasteiger partial charge is 0.258 e. The van der Waals surface area contributed by atoms with E-state index in [2.05, 4.69) is 17.4 Å². The lowest BCUT2D eigenvalue weighted by Gasteiger charge is -2.23. The number of nitrogens with zero attached hydrogens (tertiary/aromatic N) is 2. The summed E-state index contributed by atoms with van der Waals surface area (Å²) in [7, 11) is 1.55. The van der Waals surface area contributed by atoms with Gasteiger partial charge < -0.3 is 29.3 Å². The lowest BCUT2D eigenvalue weighted by Crippen LogP contribution is -2.41. The summed E-state index contributed by atoms with van der Waals surface area (Å²) in [6, 6.07) is 28.6. The van der Waals surface area contributed by atoms with Gasteiger partial charge in [0.25, 0.3) is 11.8 Å². The molecule has 9 rings (SSSR count). The molecule has 362 valence electrons. The number of rotatable bonds is 18. The number of anilines is 2. The maximum atomic E-state index is 14.1. The van der Waals surface area contributed by atoms with Crippen molar-refractivity contribution >= 4 is 46.4 Å². The number of ether oxygens (including phenoxy) is 3. The summed E-state index contributed by atoms with van der Waals surface area (Å²) in [5.41, 5.74) is 9.94. The number of fused-ring (bicyclic) bond motifs is 8. The van der Waals surface area contributed by atoms with Crippen molar-refractivity contribution in [3.8, 4) is 17.2 Å². The molecular formula is C58H61N3O9. The summed E-state index contributed by atoms with van der Waals surface area (Å²) in [4.78, 5) is 84.1. The lowest BCUT2D eigenvalue weighted by atomic mass is 9.95. The molecule has 4 aliphatic heterocycles. The molecule has 5 aromatic rings. The van der Waals surface area contributed by atoms with Crippen LogP contribution >= 0.6 is 0 Å². The van der Waals surface area contributed by atoms with Gasteiger partial charge in [0, 0.05) is 71.8 Å². The Morgan fingerprint density at radius 3 is 1.83 bits per heavy atom. The summed E-state index contributed by atoms with van der Waals surface area (Å²) in [6.45, 7) is 7.17. The Bertz CT molecular complexity index is 2900. The van der Waals surface area contributed by atoms with Crippen molar-refractivity contribution in [1.29, 1.82) is 0 Å². The summed E-state index contributed by atoms with van der Waals surface area (Å²) in [5.74, 6) is -0.0369. The first kappa shape index (κ1) is 48.0. The molecule has 3 amide bonds. The highest BCUT2D eigenvalue weighted by atomic mass is 16.5. The Labute approximate surface area is 409 Å². The van der Waals surface area contributed by atoms with E-state index < -0.39 is 17.9 Å². The summed E-state index contributed by atoms with van der Waals surface area (Å²) in [6.07, 6.45) is 5.92. The summed E-state index contributed by atoms with van der Waals surface area (Å²) >= 11 is 0. The van der Waals surface area contributed by atoms with E-state index in [0.717, 1.165) is 60.2 Å². The third-order valence-corrected chi connectivity index (χ3v) is 14.5. The molecule has 0 spiro atoms. The zero-order chi connectivity index (χ0) is 49.2. The van der Waals surface area contributed by atoms with Crippen LogP contribution < -0.4 is 29.3 Å². The Morgan fingerprint density at radius 2 is 1.24 bits per heavy atom. The highest BCUT2D eigenvalue weighted by Crippen LogP contribution is 2.42. The Kier molecular flexibility index (Phi) is 14.0. The molecule has 0 bridgehead atoms. The van der Waals surface area contributed by atoms with Gasteiger partial charge in [0.1, 0.15) is 24.7 Å². The molecule has 5 aromatic carbocycles. The molecule has 0 radical (unpaired) electrons. The maximum absolute atomic E-state index is 14.1. The van der Waals surface area contributed by atoms with Gasteiger partial charge in [0.2, 0.25) is 5.91 Å². The van der Waals surface area contributed by atoms with Crippen molar-refractivity contribution in [1.82, 2.24) is 5.32 Å². The van der Waals surface area contributed by atoms with E-state index in [1.165, 1.54) is 11.1 Å². The summed E-state index contributed by atoms with van der Waals surface area (Å²) < 4.78 is 18.8. The maximum Gasteiger partial charge on any atom is 0.258 e. The number of carbonyl (C=O) groups is 6. The van der Waals surface area contributed by atoms with Crippen molar-refractivity contribution in [3.63, 3.8) is 0 Å². The minimum Gasteiger partial charge on any atom is -0.493 e. The number of aryl methyl sites for hydroxylation is 3. The van der Waals surface area contributed by atoms with Crippen LogP contribution in [0.25, 0.3) is 0 Å². The quantitative estimate of drug-likeness (QED) is 0.0848. The van der Waals surface area contributed by atoms with Gasteiger partial charge in [-0.3, -0.25) is 28.8 Å². The Balaban J connectivity index is 0.942. The zero-order valence-electron chi connectivity index (χ0n) is 40.7. The largest absolute Gasteiger partial charge is 0.493 e. The second-order valence-electron chi connectivity index (χ2n) is 19.4. The first-order valence-corrected chi connectivity index (χ1v) is 24.7. The van der Waals surface area contributed by atoms with Crippen LogP contribution in [-0.4, -0.2) is 60.3 Å². The minimum atomic E-state index is -0.758. The Hall–Kier alpha value is -7.08. The molecule has 12 heteroatoms. The van der Waals surface area contributed by atoms with Gasteiger partial charge in [-0.1, -0.05) is 50.2 Å². The number of Topliss-reactive ketones (excluding diaryl/α,β-unsaturated/α-hetero) is 3. The van der Waals surface area contributed by atoms with Gasteiger partial charge >= 0.3 is 0 Å². The van der Waals surface area contributed by atoms with Gasteiger partial charge in [-0.2, -0.15) is 0 Å². The van der Waals surface area contributed by atoms with Crippen LogP contribution in [0, 0.1) is 12.8 Å². The van der Waals surface area contributed by atoms with Gasteiger partial charge in [0.15, 0.2) is 23.1 Å². The van der Waals surface area contributed by atoms with Gasteiger partial charge in [-0.25, -0.2) is 0 Å². The predicted octanol–water partition coefficient (Wildman–Crippen LogP) is 9.63. The number of methoxy groups -OCH3 is 1. The van der Waals surface area contributed by atoms with E-state index in [0.29, 0.717) is 70.7 Å². The molecule has 0 unspecified atom stereocenters. The SMILES string of the molecule is CCC(=O)CCCC(=O)[C@H](C)NC(=O)[C@H](C)CC(=O)c1cc(COc2cc3c(cc2C)C(=O)N2c4ccccc4C[C@H]2CC3)cc(COc2cc3c(cc2OC)C(=O)N2c4ccccc4C[C@H]2CC3)c1. The summed E-state index contributed by atoms with van der Waals surface area (Å²) in [5, 5.41) is 2.77. The second-order valence-corrected chi connectivity index (χ2v) is 19.4. The molecule has 0 fully saturated rings. The molecule has 4 aliphatic rings. The third-order valence-electron chi connectivity index (χ3n) is 14.5. The standard InChI is InChI=1S/C58H61N3O9/c1-6-46(62)14-11-17-51(63)36(4)59-56(65)35(3)23-52(64)43-25-37(32-69-53-29-39-18-20-44-27-41-12-7-9-15-49(41)60(44)57(66)47(39)22-34(53)2)24-38(26-43)33-70-55-30-40-19-21-45-28-42-13-8-10-16-50(42)61(45)58(67)48(40)31-54(55)68-5/h7-10,12-13,15-16,22,24-26,29-31,35-36,44-45H,6,11,14,17-21,23,27-28,32-33H2,1-5H3,(H,59,65)/t35-,36+,44-,45-/m1/s1. The molecule has 0 saturated carbocycles. The van der Waals surface area contributed by atoms with Crippen molar-refractivity contribution in [3.05, 3.63) is 147 Å². The van der Waals surface area contributed by atoms with E-state index >= 15 is 0 Å². The molecule has 1 N–H and O–H groups in total. The van der Waals surface area contributed by atoms with Gasteiger partial charge in [-0.15, -0.1) is 0 Å². The van der Waals surface area contributed by atoms with Crippen LogP contribution in [0.15, 0.2) is 91.0 Å². The van der Waals surface area contributed by atoms with Crippen LogP contribution in [0.3, 0.4) is 0 Å². The molecule has 12 nitrogen and oxygen atoms in total. The first-order valence-electron chi connectivity index (χ1n) is 24.7. The van der Waals surface area contributed by atoms with Gasteiger partial charge in [-0.05, 0) is 152 Å². The van der Waals surface area contributed by atoms with E-state index in [1.54, 1.807) is 46.1 Å². The highest BCUT2D eigenvalue weighted by molar-refractivity contribution is 6.10. The number of hydrogen-bond donors (Lipinski definition) is 1. The van der Waals surface area contributed by atoms with E-state index in [-0.39, 0.29) is 67.3 Å². The molecule has 0 aromatic heterocycles. The number of amides is 3. The number of hydrogen-bond acceptors (Lipinski definition) is 9. The van der Waals surface area contributed by atoms with E-state index in [9.17, 15) is 28.8 Å². The van der Waals surface area contributed by atoms with Crippen molar-refractivity contribution < 1.29 is 43.0 Å². The molecule has 70 heavy (non-hydrogen) atoms. The topological polar surface area (TPSA) is 149 Å². The zero-order valence-corrected chi connectivity index (χ0v) is 40.7. The Morgan fingerprint density at radius 1 is 0.686 bits per heavy atom. The van der Waals surface area contributed by atoms with Gasteiger partial charge in [0.05, 0.1) is 13.2 Å². The van der Waals surface area contributed by atoms with Crippen LogP contribution in [0.2, 0.25) is 0 Å². The molecule has 0 saturated heterocycles. The van der Waals surface area contributed by atoms with Crippen LogP contribution in [-0.2, 0) is 53.3 Å². The average molecular weight is 944 g/mol. The van der Waals surface area contributed by atoms with E-state index in [1.807, 2.05) is 77.4 Å². The molecule has 4 atom stereocenters. The molecular weight excluding hydrogens is 883 g/mol. The van der Waals surface area contributed by atoms with E-state index in [4.69, 9.17) is 14.2 Å². The van der Waals surface area contributed by atoms with Crippen molar-refractivity contribution in [2.75, 3.05) is 16.9 Å². The van der Waals surface area contributed by atoms with Crippen LogP contribution in [0.4, 0.5) is 11.4 Å². The van der Waals surface area contributed by atoms with Crippen molar-refractivity contribution in [2.45, 2.75) is 130 Å². The number of para-hydroxylation sites is 2. The molecule has 4 heterocycles.